The molecule has 5 nitrogen and oxygen atoms in total. The van der Waals surface area contributed by atoms with Crippen molar-refractivity contribution < 1.29 is 4.57 Å². The highest BCUT2D eigenvalue weighted by Gasteiger charge is 2.16. The van der Waals surface area contributed by atoms with Gasteiger partial charge in [-0.15, -0.1) is 0 Å². The zero-order valence-electron chi connectivity index (χ0n) is 10.1. The van der Waals surface area contributed by atoms with Gasteiger partial charge in [-0.2, -0.15) is 15.0 Å². The summed E-state index contributed by atoms with van der Waals surface area (Å²) in [6.45, 7) is 3.41. The molecule has 1 heterocycles. The molecule has 6 heteroatoms. The first-order valence-electron chi connectivity index (χ1n) is 5.20. The summed E-state index contributed by atoms with van der Waals surface area (Å²) < 4.78 is 12.1. The van der Waals surface area contributed by atoms with Gasteiger partial charge in [0, 0.05) is 23.6 Å². The van der Waals surface area contributed by atoms with Gasteiger partial charge in [-0.1, -0.05) is 6.07 Å². The second-order valence-corrected chi connectivity index (χ2v) is 7.53. The van der Waals surface area contributed by atoms with Gasteiger partial charge in [0.2, 0.25) is 0 Å². The average molecular weight is 250 g/mol. The third-order valence-electron chi connectivity index (χ3n) is 2.51. The largest absolute Gasteiger partial charge is 0.398 e. The first-order valence-corrected chi connectivity index (χ1v) is 7.80. The molecule has 2 aromatic rings. The first kappa shape index (κ1) is 11.9. The molecule has 0 amide bonds. The van der Waals surface area contributed by atoms with Crippen molar-refractivity contribution in [3.63, 3.8) is 0 Å². The number of nitrogens with two attached hydrogens (primary N) is 1. The quantitative estimate of drug-likeness (QED) is 0.644. The highest BCUT2D eigenvalue weighted by molar-refractivity contribution is 7.70. The molecule has 0 aliphatic heterocycles. The Morgan fingerprint density at radius 1 is 1.35 bits per heavy atom. The van der Waals surface area contributed by atoms with Gasteiger partial charge in [0.15, 0.2) is 0 Å². The molecular formula is C11H15N4OP. The van der Waals surface area contributed by atoms with Crippen molar-refractivity contribution in [1.82, 2.24) is 15.0 Å². The van der Waals surface area contributed by atoms with Gasteiger partial charge >= 0.3 is 0 Å². The van der Waals surface area contributed by atoms with Crippen LogP contribution in [-0.4, -0.2) is 28.3 Å². The van der Waals surface area contributed by atoms with Crippen LogP contribution in [0.3, 0.4) is 0 Å². The Bertz CT molecular complexity index is 599. The molecule has 90 valence electrons. The Hall–Kier alpha value is -1.61. The van der Waals surface area contributed by atoms with E-state index in [-0.39, 0.29) is 0 Å². The number of aromatic nitrogens is 3. The van der Waals surface area contributed by atoms with E-state index in [9.17, 15) is 4.57 Å². The lowest BCUT2D eigenvalue weighted by molar-refractivity contribution is 0.588. The minimum absolute atomic E-state index is 0.561. The van der Waals surface area contributed by atoms with Gasteiger partial charge in [-0.05, 0) is 25.5 Å². The van der Waals surface area contributed by atoms with Crippen LogP contribution in [0.4, 0.5) is 5.69 Å². The van der Waals surface area contributed by atoms with E-state index in [0.29, 0.717) is 11.0 Å². The second kappa shape index (κ2) is 4.00. The Morgan fingerprint density at radius 2 is 2.06 bits per heavy atom. The molecule has 0 radical (unpaired) electrons. The van der Waals surface area contributed by atoms with Gasteiger partial charge in [-0.3, -0.25) is 0 Å². The third kappa shape index (κ3) is 2.39. The lowest BCUT2D eigenvalue weighted by Crippen LogP contribution is -2.10. The van der Waals surface area contributed by atoms with Crippen LogP contribution in [0.2, 0.25) is 0 Å². The van der Waals surface area contributed by atoms with Crippen LogP contribution in [0.5, 0.6) is 0 Å². The molecule has 0 atom stereocenters. The average Bonchev–Trinajstić information content (AvgIpc) is 2.64. The van der Waals surface area contributed by atoms with Crippen molar-refractivity contribution in [2.24, 2.45) is 7.05 Å². The number of hydrogen-bond acceptors (Lipinski definition) is 4. The van der Waals surface area contributed by atoms with Gasteiger partial charge in [0.25, 0.3) is 0 Å². The topological polar surface area (TPSA) is 73.8 Å². The van der Waals surface area contributed by atoms with E-state index in [2.05, 4.69) is 10.2 Å². The van der Waals surface area contributed by atoms with E-state index < -0.39 is 7.14 Å². The fourth-order valence-electron chi connectivity index (χ4n) is 1.65. The predicted molar refractivity (Wildman–Crippen MR) is 69.9 cm³/mol. The molecule has 0 aliphatic carbocycles. The molecule has 0 spiro atoms. The van der Waals surface area contributed by atoms with Crippen molar-refractivity contribution >= 4 is 18.1 Å². The maximum Gasteiger partial charge on any atom is 0.113 e. The second-order valence-electron chi connectivity index (χ2n) is 4.34. The summed E-state index contributed by atoms with van der Waals surface area (Å²) in [4.78, 5) is 1.49. The van der Waals surface area contributed by atoms with Crippen LogP contribution in [0.1, 0.15) is 0 Å². The van der Waals surface area contributed by atoms with Crippen molar-refractivity contribution in [2.75, 3.05) is 19.1 Å². The molecule has 1 aromatic carbocycles. The number of nitrogen functional groups attached to an aromatic ring is 1. The molecule has 0 unspecified atom stereocenters. The number of hydrogen-bond donors (Lipinski definition) is 1. The molecule has 0 fully saturated rings. The SMILES string of the molecule is Cn1ncc(-c2ccc(N)c(P(C)(C)=O)c2)n1. The maximum absolute atomic E-state index is 12.1. The van der Waals surface area contributed by atoms with Gasteiger partial charge in [0.05, 0.1) is 6.20 Å². The number of nitrogens with zero attached hydrogens (tertiary/aromatic N) is 3. The van der Waals surface area contributed by atoms with Crippen molar-refractivity contribution in [2.45, 2.75) is 0 Å². The molecule has 0 aliphatic rings. The van der Waals surface area contributed by atoms with Crippen LogP contribution in [-0.2, 0) is 11.6 Å². The van der Waals surface area contributed by atoms with Gasteiger partial charge in [0.1, 0.15) is 12.8 Å². The van der Waals surface area contributed by atoms with Gasteiger partial charge < -0.3 is 10.3 Å². The Balaban J connectivity index is 2.55. The number of benzene rings is 1. The number of rotatable bonds is 2. The fourth-order valence-corrected chi connectivity index (χ4v) is 2.79. The van der Waals surface area contributed by atoms with Crippen molar-refractivity contribution in [3.8, 4) is 11.3 Å². The highest BCUT2D eigenvalue weighted by atomic mass is 31.2. The molecule has 2 rings (SSSR count). The smallest absolute Gasteiger partial charge is 0.113 e. The van der Waals surface area contributed by atoms with E-state index in [1.807, 2.05) is 12.1 Å². The molecule has 2 N–H and O–H groups in total. The third-order valence-corrected chi connectivity index (χ3v) is 4.05. The minimum atomic E-state index is -2.38. The highest BCUT2D eigenvalue weighted by Crippen LogP contribution is 2.38. The van der Waals surface area contributed by atoms with Crippen LogP contribution >= 0.6 is 7.14 Å². The van der Waals surface area contributed by atoms with Crippen LogP contribution in [0, 0.1) is 0 Å². The molecule has 0 saturated carbocycles. The number of aryl methyl sites for hydroxylation is 1. The zero-order valence-corrected chi connectivity index (χ0v) is 11.0. The summed E-state index contributed by atoms with van der Waals surface area (Å²) in [7, 11) is -0.620. The van der Waals surface area contributed by atoms with E-state index in [1.165, 1.54) is 4.80 Å². The summed E-state index contributed by atoms with van der Waals surface area (Å²) in [6.07, 6.45) is 1.67. The maximum atomic E-state index is 12.1. The number of anilines is 1. The molecular weight excluding hydrogens is 235 g/mol. The van der Waals surface area contributed by atoms with Crippen molar-refractivity contribution in [3.05, 3.63) is 24.4 Å². The van der Waals surface area contributed by atoms with E-state index in [4.69, 9.17) is 5.73 Å². The lowest BCUT2D eigenvalue weighted by Gasteiger charge is -2.11. The summed E-state index contributed by atoms with van der Waals surface area (Å²) in [5.41, 5.74) is 8.04. The van der Waals surface area contributed by atoms with Crippen LogP contribution in [0.15, 0.2) is 24.4 Å². The van der Waals surface area contributed by atoms with E-state index in [0.717, 1.165) is 11.3 Å². The van der Waals surface area contributed by atoms with Crippen molar-refractivity contribution in [1.29, 1.82) is 0 Å². The zero-order chi connectivity index (χ0) is 12.6. The van der Waals surface area contributed by atoms with E-state index >= 15 is 0 Å². The molecule has 0 bridgehead atoms. The predicted octanol–water partition coefficient (Wildman–Crippen LogP) is 1.31. The Morgan fingerprint density at radius 3 is 2.59 bits per heavy atom. The lowest BCUT2D eigenvalue weighted by atomic mass is 10.1. The standard InChI is InChI=1S/C11H15N4OP/c1-15-13-7-10(14-15)8-4-5-9(12)11(6-8)17(2,3)16/h4-7H,12H2,1-3H3. The Kier molecular flexibility index (Phi) is 2.79. The summed E-state index contributed by atoms with van der Waals surface area (Å²) >= 11 is 0. The van der Waals surface area contributed by atoms with Crippen LogP contribution < -0.4 is 11.0 Å². The Labute approximate surface area is 100 Å². The van der Waals surface area contributed by atoms with Crippen LogP contribution in [0.25, 0.3) is 11.3 Å². The molecule has 0 saturated heterocycles. The molecule has 17 heavy (non-hydrogen) atoms. The minimum Gasteiger partial charge on any atom is -0.398 e. The summed E-state index contributed by atoms with van der Waals surface area (Å²) in [5.74, 6) is 0. The monoisotopic (exact) mass is 250 g/mol. The van der Waals surface area contributed by atoms with Gasteiger partial charge in [-0.25, -0.2) is 0 Å². The molecule has 1 aromatic heterocycles. The summed E-state index contributed by atoms with van der Waals surface area (Å²) in [5, 5.41) is 8.92. The normalized spacial score (nSPS) is 11.7. The fraction of sp³-hybridized carbons (Fsp3) is 0.273. The van der Waals surface area contributed by atoms with E-state index in [1.54, 1.807) is 32.6 Å². The summed E-state index contributed by atoms with van der Waals surface area (Å²) in [6, 6.07) is 5.46. The first-order chi connectivity index (χ1) is 7.88.